The summed E-state index contributed by atoms with van der Waals surface area (Å²) < 4.78 is 0. The molecule has 20 heavy (non-hydrogen) atoms. The second-order valence-electron chi connectivity index (χ2n) is 5.24. The van der Waals surface area contributed by atoms with Crippen LogP contribution in [0.5, 0.6) is 0 Å². The summed E-state index contributed by atoms with van der Waals surface area (Å²) >= 11 is 0. The van der Waals surface area contributed by atoms with E-state index in [0.717, 1.165) is 12.8 Å². The molecule has 1 fully saturated rings. The molecule has 6 heteroatoms. The van der Waals surface area contributed by atoms with Crippen molar-refractivity contribution in [2.45, 2.75) is 32.2 Å². The number of carbonyl (C=O) groups excluding carboxylic acids is 1. The van der Waals surface area contributed by atoms with Gasteiger partial charge in [0.05, 0.1) is 4.92 Å². The van der Waals surface area contributed by atoms with Gasteiger partial charge in [-0.3, -0.25) is 14.9 Å². The molecule has 1 amide bonds. The molecule has 0 spiro atoms. The van der Waals surface area contributed by atoms with Gasteiger partial charge in [0.25, 0.3) is 11.6 Å². The second kappa shape index (κ2) is 6.00. The van der Waals surface area contributed by atoms with Crippen LogP contribution < -0.4 is 5.32 Å². The normalized spacial score (nSPS) is 15.7. The highest BCUT2D eigenvalue weighted by Gasteiger charge is 2.32. The summed E-state index contributed by atoms with van der Waals surface area (Å²) in [5, 5.41) is 22.7. The largest absolute Gasteiger partial charge is 0.396 e. The molecule has 1 unspecified atom stereocenters. The Balaban J connectivity index is 2.13. The first kappa shape index (κ1) is 14.5. The monoisotopic (exact) mass is 278 g/mol. The van der Waals surface area contributed by atoms with Gasteiger partial charge in [-0.15, -0.1) is 0 Å². The zero-order valence-corrected chi connectivity index (χ0v) is 11.3. The number of aliphatic hydroxyl groups is 1. The number of aliphatic hydroxyl groups excluding tert-OH is 1. The number of nitrogens with one attached hydrogen (secondary N) is 1. The average Bonchev–Trinajstić information content (AvgIpc) is 3.21. The number of carbonyl (C=O) groups is 1. The molecule has 2 rings (SSSR count). The minimum atomic E-state index is -0.504. The lowest BCUT2D eigenvalue weighted by atomic mass is 10.1. The molecule has 1 aliphatic carbocycles. The summed E-state index contributed by atoms with van der Waals surface area (Å²) in [6.07, 6.45) is 2.63. The van der Waals surface area contributed by atoms with Gasteiger partial charge in [0, 0.05) is 30.3 Å². The van der Waals surface area contributed by atoms with E-state index in [1.54, 1.807) is 13.0 Å². The van der Waals surface area contributed by atoms with E-state index < -0.39 is 4.92 Å². The predicted molar refractivity (Wildman–Crippen MR) is 73.5 cm³/mol. The molecule has 0 bridgehead atoms. The Morgan fingerprint density at radius 2 is 2.20 bits per heavy atom. The Kier molecular flexibility index (Phi) is 4.34. The van der Waals surface area contributed by atoms with Crippen LogP contribution in [-0.4, -0.2) is 28.6 Å². The van der Waals surface area contributed by atoms with Gasteiger partial charge in [-0.1, -0.05) is 0 Å². The molecular formula is C14H18N2O4. The zero-order chi connectivity index (χ0) is 14.7. The number of hydrogen-bond acceptors (Lipinski definition) is 4. The number of nitro benzene ring substituents is 1. The standard InChI is InChI=1S/C14H18N2O4/c1-9-6-11(8-12(7-9)16(19)20)14(18)15-13(4-5-17)10-2-3-10/h6-8,10,13,17H,2-5H2,1H3,(H,15,18). The third-order valence-electron chi connectivity index (χ3n) is 3.48. The fourth-order valence-electron chi connectivity index (χ4n) is 2.31. The van der Waals surface area contributed by atoms with Crippen LogP contribution in [-0.2, 0) is 0 Å². The maximum atomic E-state index is 12.2. The van der Waals surface area contributed by atoms with Gasteiger partial charge in [0.15, 0.2) is 0 Å². The first-order chi connectivity index (χ1) is 9.51. The molecule has 1 saturated carbocycles. The lowest BCUT2D eigenvalue weighted by Crippen LogP contribution is -2.37. The van der Waals surface area contributed by atoms with Crippen LogP contribution >= 0.6 is 0 Å². The molecular weight excluding hydrogens is 260 g/mol. The van der Waals surface area contributed by atoms with Crippen LogP contribution in [0.4, 0.5) is 5.69 Å². The first-order valence-electron chi connectivity index (χ1n) is 6.69. The maximum absolute atomic E-state index is 12.2. The van der Waals surface area contributed by atoms with Crippen LogP contribution in [0, 0.1) is 23.0 Å². The lowest BCUT2D eigenvalue weighted by molar-refractivity contribution is -0.384. The van der Waals surface area contributed by atoms with Crippen LogP contribution in [0.15, 0.2) is 18.2 Å². The highest BCUT2D eigenvalue weighted by molar-refractivity contribution is 5.95. The highest BCUT2D eigenvalue weighted by Crippen LogP contribution is 2.34. The van der Waals surface area contributed by atoms with E-state index in [9.17, 15) is 14.9 Å². The van der Waals surface area contributed by atoms with E-state index in [4.69, 9.17) is 5.11 Å². The van der Waals surface area contributed by atoms with E-state index in [1.807, 2.05) is 0 Å². The smallest absolute Gasteiger partial charge is 0.270 e. The van der Waals surface area contributed by atoms with Crippen molar-refractivity contribution in [1.82, 2.24) is 5.32 Å². The number of nitrogens with zero attached hydrogens (tertiary/aromatic N) is 1. The van der Waals surface area contributed by atoms with Crippen LogP contribution in [0.3, 0.4) is 0 Å². The molecule has 1 atom stereocenters. The van der Waals surface area contributed by atoms with E-state index in [2.05, 4.69) is 5.32 Å². The van der Waals surface area contributed by atoms with Gasteiger partial charge in [0.2, 0.25) is 0 Å². The van der Waals surface area contributed by atoms with E-state index in [0.29, 0.717) is 23.5 Å². The van der Waals surface area contributed by atoms with Crippen molar-refractivity contribution in [3.8, 4) is 0 Å². The number of rotatable bonds is 6. The summed E-state index contributed by atoms with van der Waals surface area (Å²) in [6, 6.07) is 4.30. The maximum Gasteiger partial charge on any atom is 0.270 e. The molecule has 108 valence electrons. The van der Waals surface area contributed by atoms with Crippen molar-refractivity contribution in [1.29, 1.82) is 0 Å². The van der Waals surface area contributed by atoms with Gasteiger partial charge >= 0.3 is 0 Å². The number of benzene rings is 1. The third kappa shape index (κ3) is 3.54. The molecule has 0 aliphatic heterocycles. The summed E-state index contributed by atoms with van der Waals surface area (Å²) in [6.45, 7) is 1.74. The van der Waals surface area contributed by atoms with Gasteiger partial charge in [-0.05, 0) is 43.7 Å². The summed E-state index contributed by atoms with van der Waals surface area (Å²) in [5.74, 6) is 0.105. The molecule has 6 nitrogen and oxygen atoms in total. The Bertz CT molecular complexity index is 526. The number of amides is 1. The van der Waals surface area contributed by atoms with Crippen LogP contribution in [0.2, 0.25) is 0 Å². The fraction of sp³-hybridized carbons (Fsp3) is 0.500. The molecule has 1 aromatic carbocycles. The molecule has 0 heterocycles. The fourth-order valence-corrected chi connectivity index (χ4v) is 2.31. The molecule has 0 radical (unpaired) electrons. The van der Waals surface area contributed by atoms with Gasteiger partial charge in [-0.25, -0.2) is 0 Å². The van der Waals surface area contributed by atoms with Crippen molar-refractivity contribution >= 4 is 11.6 Å². The average molecular weight is 278 g/mol. The van der Waals surface area contributed by atoms with E-state index in [1.165, 1.54) is 12.1 Å². The minimum Gasteiger partial charge on any atom is -0.396 e. The van der Waals surface area contributed by atoms with Gasteiger partial charge in [0.1, 0.15) is 0 Å². The number of non-ortho nitro benzene ring substituents is 1. The summed E-state index contributed by atoms with van der Waals surface area (Å²) in [4.78, 5) is 22.5. The molecule has 0 aromatic heterocycles. The van der Waals surface area contributed by atoms with Crippen LogP contribution in [0.25, 0.3) is 0 Å². The van der Waals surface area contributed by atoms with E-state index in [-0.39, 0.29) is 24.2 Å². The zero-order valence-electron chi connectivity index (χ0n) is 11.3. The Morgan fingerprint density at radius 1 is 1.50 bits per heavy atom. The Hall–Kier alpha value is -1.95. The summed E-state index contributed by atoms with van der Waals surface area (Å²) in [5.41, 5.74) is 0.884. The van der Waals surface area contributed by atoms with Crippen molar-refractivity contribution in [2.24, 2.45) is 5.92 Å². The number of aryl methyl sites for hydroxylation is 1. The highest BCUT2D eigenvalue weighted by atomic mass is 16.6. The topological polar surface area (TPSA) is 92.5 Å². The van der Waals surface area contributed by atoms with Crippen molar-refractivity contribution in [3.05, 3.63) is 39.4 Å². The van der Waals surface area contributed by atoms with Gasteiger partial charge < -0.3 is 10.4 Å². The predicted octanol–water partition coefficient (Wildman–Crippen LogP) is 1.79. The van der Waals surface area contributed by atoms with Crippen molar-refractivity contribution in [3.63, 3.8) is 0 Å². The number of hydrogen-bond donors (Lipinski definition) is 2. The van der Waals surface area contributed by atoms with Crippen molar-refractivity contribution < 1.29 is 14.8 Å². The summed E-state index contributed by atoms with van der Waals surface area (Å²) in [7, 11) is 0. The third-order valence-corrected chi connectivity index (χ3v) is 3.48. The van der Waals surface area contributed by atoms with Crippen molar-refractivity contribution in [2.75, 3.05) is 6.61 Å². The Labute approximate surface area is 117 Å². The van der Waals surface area contributed by atoms with Gasteiger partial charge in [-0.2, -0.15) is 0 Å². The molecule has 0 saturated heterocycles. The quantitative estimate of drug-likeness (QED) is 0.613. The lowest BCUT2D eigenvalue weighted by Gasteiger charge is -2.17. The molecule has 2 N–H and O–H groups in total. The number of nitro groups is 1. The Morgan fingerprint density at radius 3 is 2.75 bits per heavy atom. The first-order valence-corrected chi connectivity index (χ1v) is 6.69. The second-order valence-corrected chi connectivity index (χ2v) is 5.24. The molecule has 1 aromatic rings. The van der Waals surface area contributed by atoms with Crippen LogP contribution in [0.1, 0.15) is 35.2 Å². The SMILES string of the molecule is Cc1cc(C(=O)NC(CCO)C2CC2)cc([N+](=O)[O-])c1. The molecule has 1 aliphatic rings. The minimum absolute atomic E-state index is 0.0232. The van der Waals surface area contributed by atoms with E-state index >= 15 is 0 Å².